The van der Waals surface area contributed by atoms with Crippen molar-refractivity contribution in [2.24, 2.45) is 0 Å². The van der Waals surface area contributed by atoms with E-state index in [-0.39, 0.29) is 12.5 Å². The van der Waals surface area contributed by atoms with E-state index in [4.69, 9.17) is 5.11 Å². The van der Waals surface area contributed by atoms with E-state index < -0.39 is 11.5 Å². The summed E-state index contributed by atoms with van der Waals surface area (Å²) in [5.41, 5.74) is 1.31. The number of nitrogens with one attached hydrogen (secondary N) is 1. The van der Waals surface area contributed by atoms with Crippen molar-refractivity contribution in [3.05, 3.63) is 29.8 Å². The first-order valence-corrected chi connectivity index (χ1v) is 6.78. The molecule has 1 aromatic carbocycles. The van der Waals surface area contributed by atoms with Crippen LogP contribution in [0.25, 0.3) is 0 Å². The highest BCUT2D eigenvalue weighted by atomic mass is 16.4. The lowest BCUT2D eigenvalue weighted by Gasteiger charge is -2.33. The Balaban J connectivity index is 2.13. The van der Waals surface area contributed by atoms with Gasteiger partial charge < -0.3 is 10.4 Å². The molecule has 20 heavy (non-hydrogen) atoms. The van der Waals surface area contributed by atoms with Crippen molar-refractivity contribution >= 4 is 17.7 Å². The molecule has 1 aliphatic heterocycles. The van der Waals surface area contributed by atoms with Crippen LogP contribution in [0.15, 0.2) is 24.3 Å². The Kier molecular flexibility index (Phi) is 3.97. The molecule has 0 atom stereocenters. The van der Waals surface area contributed by atoms with E-state index in [1.807, 2.05) is 24.3 Å². The van der Waals surface area contributed by atoms with E-state index in [0.29, 0.717) is 6.54 Å². The van der Waals surface area contributed by atoms with Gasteiger partial charge in [0, 0.05) is 17.8 Å². The number of benzene rings is 1. The fourth-order valence-electron chi connectivity index (χ4n) is 2.52. The number of carbonyl (C=O) groups is 2. The third kappa shape index (κ3) is 3.29. The summed E-state index contributed by atoms with van der Waals surface area (Å²) in [5.74, 6) is -0.922. The quantitative estimate of drug-likeness (QED) is 0.890. The zero-order chi connectivity index (χ0) is 14.8. The largest absolute Gasteiger partial charge is 0.481 e. The number of aliphatic carboxylic acids is 1. The fraction of sp³-hybridized carbons (Fsp3) is 0.467. The molecule has 0 aliphatic carbocycles. The maximum Gasteiger partial charge on any atom is 0.322 e. The molecule has 5 nitrogen and oxygen atoms in total. The van der Waals surface area contributed by atoms with Crippen molar-refractivity contribution in [3.8, 4) is 0 Å². The summed E-state index contributed by atoms with van der Waals surface area (Å²) in [6.45, 7) is 4.09. The van der Waals surface area contributed by atoms with E-state index in [1.54, 1.807) is 18.7 Å². The Bertz CT molecular complexity index is 526. The van der Waals surface area contributed by atoms with Gasteiger partial charge in [-0.05, 0) is 38.3 Å². The van der Waals surface area contributed by atoms with Crippen molar-refractivity contribution in [3.63, 3.8) is 0 Å². The maximum absolute atomic E-state index is 12.4. The summed E-state index contributed by atoms with van der Waals surface area (Å²) in [6.07, 6.45) is 1.79. The van der Waals surface area contributed by atoms with Gasteiger partial charge in [-0.15, -0.1) is 0 Å². The average molecular weight is 276 g/mol. The normalized spacial score (nSPS) is 14.6. The highest BCUT2D eigenvalue weighted by molar-refractivity contribution is 5.94. The van der Waals surface area contributed by atoms with Gasteiger partial charge in [-0.25, -0.2) is 4.79 Å². The smallest absolute Gasteiger partial charge is 0.322 e. The Morgan fingerprint density at radius 1 is 1.35 bits per heavy atom. The number of para-hydroxylation sites is 1. The molecule has 0 aromatic heterocycles. The first-order valence-electron chi connectivity index (χ1n) is 6.78. The molecule has 0 saturated heterocycles. The predicted molar refractivity (Wildman–Crippen MR) is 77.0 cm³/mol. The summed E-state index contributed by atoms with van der Waals surface area (Å²) >= 11 is 0. The third-order valence-electron chi connectivity index (χ3n) is 3.39. The van der Waals surface area contributed by atoms with Crippen molar-refractivity contribution in [2.45, 2.75) is 38.6 Å². The molecule has 0 saturated carbocycles. The number of hydrogen-bond acceptors (Lipinski definition) is 2. The van der Waals surface area contributed by atoms with E-state index in [9.17, 15) is 9.59 Å². The summed E-state index contributed by atoms with van der Waals surface area (Å²) < 4.78 is 0. The molecular formula is C15H20N2O3. The average Bonchev–Trinajstić information content (AvgIpc) is 2.35. The number of rotatable bonds is 3. The minimum atomic E-state index is -0.922. The number of fused-ring (bicyclic) bond motifs is 1. The predicted octanol–water partition coefficient (Wildman–Crippen LogP) is 2.40. The number of carbonyl (C=O) groups excluding carboxylic acids is 1. The van der Waals surface area contributed by atoms with Crippen LogP contribution in [0.2, 0.25) is 0 Å². The Labute approximate surface area is 118 Å². The number of carboxylic acids is 1. The van der Waals surface area contributed by atoms with Gasteiger partial charge in [0.05, 0.1) is 6.42 Å². The van der Waals surface area contributed by atoms with Crippen LogP contribution in [-0.4, -0.2) is 29.2 Å². The lowest BCUT2D eigenvalue weighted by atomic mass is 10.00. The van der Waals surface area contributed by atoms with Crippen molar-refractivity contribution in [1.29, 1.82) is 0 Å². The summed E-state index contributed by atoms with van der Waals surface area (Å²) in [6, 6.07) is 7.60. The fourth-order valence-corrected chi connectivity index (χ4v) is 2.52. The van der Waals surface area contributed by atoms with Gasteiger partial charge in [0.15, 0.2) is 0 Å². The Morgan fingerprint density at radius 3 is 2.75 bits per heavy atom. The molecule has 0 fully saturated rings. The van der Waals surface area contributed by atoms with Crippen LogP contribution in [0.5, 0.6) is 0 Å². The van der Waals surface area contributed by atoms with Crippen molar-refractivity contribution in [1.82, 2.24) is 5.32 Å². The van der Waals surface area contributed by atoms with Gasteiger partial charge in [0.1, 0.15) is 0 Å². The minimum absolute atomic E-state index is 0.103. The molecule has 1 aromatic rings. The molecule has 108 valence electrons. The second-order valence-electron chi connectivity index (χ2n) is 5.77. The molecule has 0 unspecified atom stereocenters. The summed E-state index contributed by atoms with van der Waals surface area (Å²) in [4.78, 5) is 24.9. The monoisotopic (exact) mass is 276 g/mol. The number of amides is 2. The van der Waals surface area contributed by atoms with Crippen LogP contribution >= 0.6 is 0 Å². The highest BCUT2D eigenvalue weighted by Gasteiger charge is 2.28. The minimum Gasteiger partial charge on any atom is -0.481 e. The molecule has 5 heteroatoms. The second-order valence-corrected chi connectivity index (χ2v) is 5.77. The van der Waals surface area contributed by atoms with Gasteiger partial charge in [0.25, 0.3) is 0 Å². The molecule has 2 rings (SSSR count). The third-order valence-corrected chi connectivity index (χ3v) is 3.39. The van der Waals surface area contributed by atoms with Crippen LogP contribution in [-0.2, 0) is 11.2 Å². The van der Waals surface area contributed by atoms with Crippen LogP contribution in [0, 0.1) is 0 Å². The molecule has 1 aliphatic rings. The molecule has 2 N–H and O–H groups in total. The number of nitrogens with zero attached hydrogens (tertiary/aromatic N) is 1. The number of anilines is 1. The van der Waals surface area contributed by atoms with Gasteiger partial charge >= 0.3 is 12.0 Å². The van der Waals surface area contributed by atoms with Gasteiger partial charge in [-0.3, -0.25) is 9.69 Å². The van der Waals surface area contributed by atoms with Crippen molar-refractivity contribution in [2.75, 3.05) is 11.4 Å². The SMILES string of the molecule is CC(C)(CC(=O)O)NC(=O)N1CCCc2ccccc21. The Hall–Kier alpha value is -2.04. The van der Waals surface area contributed by atoms with Crippen LogP contribution < -0.4 is 10.2 Å². The van der Waals surface area contributed by atoms with Gasteiger partial charge in [0.2, 0.25) is 0 Å². The number of carboxylic acid groups (broad SMARTS) is 1. The highest BCUT2D eigenvalue weighted by Crippen LogP contribution is 2.27. The van der Waals surface area contributed by atoms with E-state index >= 15 is 0 Å². The van der Waals surface area contributed by atoms with Crippen molar-refractivity contribution < 1.29 is 14.7 Å². The molecule has 1 heterocycles. The van der Waals surface area contributed by atoms with E-state index in [1.165, 1.54) is 0 Å². The summed E-state index contributed by atoms with van der Waals surface area (Å²) in [7, 11) is 0. The number of urea groups is 1. The van der Waals surface area contributed by atoms with Gasteiger partial charge in [-0.1, -0.05) is 18.2 Å². The van der Waals surface area contributed by atoms with Gasteiger partial charge in [-0.2, -0.15) is 0 Å². The zero-order valence-corrected chi connectivity index (χ0v) is 11.8. The van der Waals surface area contributed by atoms with Crippen LogP contribution in [0.3, 0.4) is 0 Å². The topological polar surface area (TPSA) is 69.6 Å². The molecule has 0 bridgehead atoms. The first kappa shape index (κ1) is 14.4. The lowest BCUT2D eigenvalue weighted by molar-refractivity contribution is -0.138. The first-order chi connectivity index (χ1) is 9.39. The van der Waals surface area contributed by atoms with E-state index in [0.717, 1.165) is 24.1 Å². The molecular weight excluding hydrogens is 256 g/mol. The molecule has 2 amide bonds. The van der Waals surface area contributed by atoms with E-state index in [2.05, 4.69) is 5.32 Å². The van der Waals surface area contributed by atoms with Crippen LogP contribution in [0.4, 0.5) is 10.5 Å². The lowest BCUT2D eigenvalue weighted by Crippen LogP contribution is -2.52. The second kappa shape index (κ2) is 5.53. The zero-order valence-electron chi connectivity index (χ0n) is 11.8. The number of hydrogen-bond donors (Lipinski definition) is 2. The molecule has 0 spiro atoms. The molecule has 0 radical (unpaired) electrons. The maximum atomic E-state index is 12.4. The summed E-state index contributed by atoms with van der Waals surface area (Å²) in [5, 5.41) is 11.7. The Morgan fingerprint density at radius 2 is 2.05 bits per heavy atom. The standard InChI is InChI=1S/C15H20N2O3/c1-15(2,10-13(18)19)16-14(20)17-9-5-7-11-6-3-4-8-12(11)17/h3-4,6,8H,5,7,9-10H2,1-2H3,(H,16,20)(H,18,19). The van der Waals surface area contributed by atoms with Crippen LogP contribution in [0.1, 0.15) is 32.3 Å². The number of aryl methyl sites for hydroxylation is 1.